The molecule has 2 N–H and O–H groups in total. The lowest BCUT2D eigenvalue weighted by atomic mass is 9.96. The molecule has 0 atom stereocenters. The van der Waals surface area contributed by atoms with Crippen LogP contribution in [0.25, 0.3) is 22.2 Å². The smallest absolute Gasteiger partial charge is 0.298 e. The zero-order chi connectivity index (χ0) is 24.0. The van der Waals surface area contributed by atoms with Gasteiger partial charge in [0.25, 0.3) is 11.9 Å². The molecule has 0 radical (unpaired) electrons. The van der Waals surface area contributed by atoms with Crippen molar-refractivity contribution in [3.8, 4) is 16.9 Å². The third kappa shape index (κ3) is 5.27. The number of aromatic nitrogens is 1. The summed E-state index contributed by atoms with van der Waals surface area (Å²) in [5.41, 5.74) is 8.46. The van der Waals surface area contributed by atoms with Crippen molar-refractivity contribution in [2.24, 2.45) is 5.92 Å². The largest absolute Gasteiger partial charge is 0.483 e. The maximum atomic E-state index is 12.6. The third-order valence-electron chi connectivity index (χ3n) is 6.07. The second kappa shape index (κ2) is 10.3. The van der Waals surface area contributed by atoms with Gasteiger partial charge in [-0.3, -0.25) is 20.4 Å². The van der Waals surface area contributed by atoms with Crippen LogP contribution < -0.4 is 20.5 Å². The molecular weight excluding hydrogens is 444 g/mol. The quantitative estimate of drug-likeness (QED) is 0.415. The number of para-hydroxylation sites is 3. The first-order valence-electron chi connectivity index (χ1n) is 11.6. The van der Waals surface area contributed by atoms with E-state index in [1.165, 1.54) is 0 Å². The van der Waals surface area contributed by atoms with Crippen molar-refractivity contribution in [2.75, 3.05) is 24.6 Å². The Hall–Kier alpha value is -4.33. The molecule has 0 unspecified atom stereocenters. The van der Waals surface area contributed by atoms with E-state index < -0.39 is 5.91 Å². The average Bonchev–Trinajstić information content (AvgIpc) is 3.36. The van der Waals surface area contributed by atoms with Crippen LogP contribution in [0.3, 0.4) is 0 Å². The highest BCUT2D eigenvalue weighted by Crippen LogP contribution is 2.29. The van der Waals surface area contributed by atoms with E-state index in [0.717, 1.165) is 22.2 Å². The first-order chi connectivity index (χ1) is 17.2. The number of nitrogens with one attached hydrogen (secondary N) is 2. The monoisotopic (exact) mass is 470 g/mol. The lowest BCUT2D eigenvalue weighted by molar-refractivity contribution is -0.132. The van der Waals surface area contributed by atoms with Crippen LogP contribution >= 0.6 is 0 Å². The number of carbonyl (C=O) groups excluding carboxylic acids is 2. The first-order valence-corrected chi connectivity index (χ1v) is 11.6. The molecule has 1 fully saturated rings. The fourth-order valence-electron chi connectivity index (χ4n) is 4.19. The van der Waals surface area contributed by atoms with Crippen LogP contribution in [0.15, 0.2) is 83.3 Å². The van der Waals surface area contributed by atoms with Crippen LogP contribution in [-0.4, -0.2) is 36.5 Å². The summed E-state index contributed by atoms with van der Waals surface area (Å²) in [6.45, 7) is 1.09. The molecule has 1 aromatic heterocycles. The summed E-state index contributed by atoms with van der Waals surface area (Å²) in [4.78, 5) is 31.4. The van der Waals surface area contributed by atoms with Gasteiger partial charge < -0.3 is 14.1 Å². The van der Waals surface area contributed by atoms with Gasteiger partial charge in [-0.05, 0) is 36.6 Å². The Morgan fingerprint density at radius 2 is 1.63 bits per heavy atom. The second-order valence-corrected chi connectivity index (χ2v) is 8.41. The predicted octanol–water partition coefficient (Wildman–Crippen LogP) is 3.94. The van der Waals surface area contributed by atoms with Gasteiger partial charge in [-0.15, -0.1) is 0 Å². The molecular formula is C27H26N4O4. The van der Waals surface area contributed by atoms with Gasteiger partial charge >= 0.3 is 0 Å². The SMILES string of the molecule is O=C(COc1ccccc1-c1ccccc1)NNC(=O)C1CCN(c2nc3ccccc3o2)CC1. The molecule has 5 rings (SSSR count). The van der Waals surface area contributed by atoms with Gasteiger partial charge in [0.2, 0.25) is 5.91 Å². The average molecular weight is 471 g/mol. The van der Waals surface area contributed by atoms with E-state index in [0.29, 0.717) is 37.7 Å². The number of nitrogens with zero attached hydrogens (tertiary/aromatic N) is 2. The number of ether oxygens (including phenoxy) is 1. The highest BCUT2D eigenvalue weighted by Gasteiger charge is 2.27. The third-order valence-corrected chi connectivity index (χ3v) is 6.07. The summed E-state index contributed by atoms with van der Waals surface area (Å²) in [6, 6.07) is 25.6. The molecule has 3 aromatic carbocycles. The zero-order valence-corrected chi connectivity index (χ0v) is 19.1. The molecule has 0 spiro atoms. The minimum absolute atomic E-state index is 0.198. The van der Waals surface area contributed by atoms with E-state index in [9.17, 15) is 9.59 Å². The Morgan fingerprint density at radius 1 is 0.914 bits per heavy atom. The van der Waals surface area contributed by atoms with E-state index in [1.807, 2.05) is 83.8 Å². The van der Waals surface area contributed by atoms with Gasteiger partial charge in [-0.2, -0.15) is 4.98 Å². The highest BCUT2D eigenvalue weighted by molar-refractivity contribution is 5.84. The standard InChI is InChI=1S/C27H26N4O4/c32-25(18-34-23-12-6-4-10-21(23)19-8-2-1-3-9-19)29-30-26(33)20-14-16-31(17-15-20)27-28-22-11-5-7-13-24(22)35-27/h1-13,20H,14-18H2,(H,29,32)(H,30,33). The number of hydrogen-bond acceptors (Lipinski definition) is 6. The molecule has 178 valence electrons. The molecule has 8 nitrogen and oxygen atoms in total. The number of amides is 2. The summed E-state index contributed by atoms with van der Waals surface area (Å²) in [5, 5.41) is 0. The number of rotatable bonds is 6. The Labute approximate surface area is 202 Å². The molecule has 4 aromatic rings. The fraction of sp³-hybridized carbons (Fsp3) is 0.222. The van der Waals surface area contributed by atoms with Crippen molar-refractivity contribution in [1.82, 2.24) is 15.8 Å². The Morgan fingerprint density at radius 3 is 2.43 bits per heavy atom. The fourth-order valence-corrected chi connectivity index (χ4v) is 4.19. The number of anilines is 1. The van der Waals surface area contributed by atoms with Crippen LogP contribution in [0, 0.1) is 5.92 Å². The molecule has 0 saturated carbocycles. The maximum absolute atomic E-state index is 12.6. The molecule has 1 aliphatic heterocycles. The summed E-state index contributed by atoms with van der Waals surface area (Å²) in [5.74, 6) is -0.229. The van der Waals surface area contributed by atoms with Crippen molar-refractivity contribution in [3.05, 3.63) is 78.9 Å². The predicted molar refractivity (Wildman–Crippen MR) is 133 cm³/mol. The first kappa shape index (κ1) is 22.5. The van der Waals surface area contributed by atoms with Gasteiger partial charge in [-0.25, -0.2) is 0 Å². The number of hydrogen-bond donors (Lipinski definition) is 2. The number of piperidine rings is 1. The Bertz CT molecular complexity index is 1280. The topological polar surface area (TPSA) is 96.7 Å². The second-order valence-electron chi connectivity index (χ2n) is 8.41. The normalized spacial score (nSPS) is 14.0. The van der Waals surface area contributed by atoms with Crippen LogP contribution in [0.2, 0.25) is 0 Å². The van der Waals surface area contributed by atoms with Crippen molar-refractivity contribution in [3.63, 3.8) is 0 Å². The van der Waals surface area contributed by atoms with E-state index >= 15 is 0 Å². The molecule has 1 saturated heterocycles. The maximum Gasteiger partial charge on any atom is 0.298 e. The van der Waals surface area contributed by atoms with Gasteiger partial charge in [0.05, 0.1) is 0 Å². The van der Waals surface area contributed by atoms with E-state index in [4.69, 9.17) is 9.15 Å². The molecule has 1 aliphatic rings. The summed E-state index contributed by atoms with van der Waals surface area (Å²) in [6.07, 6.45) is 1.28. The molecule has 35 heavy (non-hydrogen) atoms. The van der Waals surface area contributed by atoms with Crippen molar-refractivity contribution in [1.29, 1.82) is 0 Å². The lowest BCUT2D eigenvalue weighted by Crippen LogP contribution is -2.48. The number of hydrazine groups is 1. The minimum Gasteiger partial charge on any atom is -0.483 e. The van der Waals surface area contributed by atoms with E-state index in [-0.39, 0.29) is 18.4 Å². The minimum atomic E-state index is -0.426. The summed E-state index contributed by atoms with van der Waals surface area (Å²) >= 11 is 0. The van der Waals surface area contributed by atoms with Gasteiger partial charge in [0, 0.05) is 24.6 Å². The van der Waals surface area contributed by atoms with Crippen molar-refractivity contribution >= 4 is 28.9 Å². The van der Waals surface area contributed by atoms with Crippen LogP contribution in [0.1, 0.15) is 12.8 Å². The van der Waals surface area contributed by atoms with E-state index in [2.05, 4.69) is 15.8 Å². The van der Waals surface area contributed by atoms with E-state index in [1.54, 1.807) is 0 Å². The molecule has 2 amide bonds. The Kier molecular flexibility index (Phi) is 6.61. The van der Waals surface area contributed by atoms with Crippen LogP contribution in [0.4, 0.5) is 6.01 Å². The number of oxazole rings is 1. The molecule has 8 heteroatoms. The summed E-state index contributed by atoms with van der Waals surface area (Å²) in [7, 11) is 0. The number of benzene rings is 3. The summed E-state index contributed by atoms with van der Waals surface area (Å²) < 4.78 is 11.6. The molecule has 2 heterocycles. The van der Waals surface area contributed by atoms with Crippen molar-refractivity contribution < 1.29 is 18.7 Å². The van der Waals surface area contributed by atoms with Crippen molar-refractivity contribution in [2.45, 2.75) is 12.8 Å². The lowest BCUT2D eigenvalue weighted by Gasteiger charge is -2.30. The molecule has 0 aliphatic carbocycles. The number of fused-ring (bicyclic) bond motifs is 1. The highest BCUT2D eigenvalue weighted by atomic mass is 16.5. The van der Waals surface area contributed by atoms with Gasteiger partial charge in [0.1, 0.15) is 11.3 Å². The Balaban J connectivity index is 1.08. The number of carbonyl (C=O) groups is 2. The zero-order valence-electron chi connectivity index (χ0n) is 19.1. The van der Waals surface area contributed by atoms with Crippen LogP contribution in [-0.2, 0) is 9.59 Å². The van der Waals surface area contributed by atoms with Gasteiger partial charge in [0.15, 0.2) is 12.2 Å². The van der Waals surface area contributed by atoms with Gasteiger partial charge in [-0.1, -0.05) is 60.7 Å². The van der Waals surface area contributed by atoms with Crippen LogP contribution in [0.5, 0.6) is 5.75 Å². The molecule has 0 bridgehead atoms.